The Balaban J connectivity index is 1.65. The van der Waals surface area contributed by atoms with Crippen molar-refractivity contribution in [2.24, 2.45) is 0 Å². The van der Waals surface area contributed by atoms with Gasteiger partial charge in [0.25, 0.3) is 0 Å². The van der Waals surface area contributed by atoms with Gasteiger partial charge in [0, 0.05) is 29.0 Å². The van der Waals surface area contributed by atoms with Crippen molar-refractivity contribution in [2.45, 2.75) is 52.6 Å². The lowest BCUT2D eigenvalue weighted by atomic mass is 9.96. The molecule has 0 saturated carbocycles. The van der Waals surface area contributed by atoms with Crippen LogP contribution in [-0.4, -0.2) is 14.7 Å². The fourth-order valence-corrected chi connectivity index (χ4v) is 5.49. The van der Waals surface area contributed by atoms with Crippen molar-refractivity contribution in [2.75, 3.05) is 4.90 Å². The molecule has 1 saturated heterocycles. The number of rotatable bonds is 5. The number of aromatic nitrogens is 2. The van der Waals surface area contributed by atoms with Gasteiger partial charge in [-0.25, -0.2) is 0 Å². The molecule has 0 aliphatic carbocycles. The van der Waals surface area contributed by atoms with Crippen molar-refractivity contribution < 1.29 is 0 Å². The summed E-state index contributed by atoms with van der Waals surface area (Å²) in [7, 11) is 0. The topological polar surface area (TPSA) is 33.1 Å². The summed E-state index contributed by atoms with van der Waals surface area (Å²) < 4.78 is 2.34. The minimum absolute atomic E-state index is 0.0206. The smallest absolute Gasteiger partial charge is 0.174 e. The van der Waals surface area contributed by atoms with E-state index in [0.717, 1.165) is 16.5 Å². The van der Waals surface area contributed by atoms with Gasteiger partial charge >= 0.3 is 0 Å². The van der Waals surface area contributed by atoms with Crippen LogP contribution in [0.5, 0.6) is 0 Å². The second kappa shape index (κ2) is 9.31. The quantitative estimate of drug-likeness (QED) is 0.309. The van der Waals surface area contributed by atoms with Crippen LogP contribution < -0.4 is 10.2 Å². The summed E-state index contributed by atoms with van der Waals surface area (Å²) in [5.74, 6) is 0.484. The zero-order chi connectivity index (χ0) is 24.7. The third-order valence-corrected chi connectivity index (χ3v) is 7.33. The van der Waals surface area contributed by atoms with Crippen LogP contribution in [0.3, 0.4) is 0 Å². The standard InChI is InChI=1S/C30H32N4S/c1-19(2)23-11-15-25(16-12-23)34-29(28(32-30(34)35)27-8-6-7-17-31-27)26-18-21(4)33(22(26)5)24-13-9-20(3)10-14-24/h6-19,28-29H,1-5H3,(H,32,35)/t28-,29-/m1/s1. The molecule has 5 heteroatoms. The first-order valence-corrected chi connectivity index (χ1v) is 12.6. The molecular weight excluding hydrogens is 448 g/mol. The molecule has 1 aliphatic heterocycles. The highest BCUT2D eigenvalue weighted by atomic mass is 32.1. The van der Waals surface area contributed by atoms with Crippen molar-refractivity contribution in [1.82, 2.24) is 14.9 Å². The Morgan fingerprint density at radius 1 is 0.886 bits per heavy atom. The minimum Gasteiger partial charge on any atom is -0.351 e. The number of aryl methyl sites for hydroxylation is 2. The zero-order valence-electron chi connectivity index (χ0n) is 21.0. The summed E-state index contributed by atoms with van der Waals surface area (Å²) in [4.78, 5) is 6.97. The number of pyridine rings is 1. The molecular formula is C30H32N4S. The van der Waals surface area contributed by atoms with Gasteiger partial charge in [-0.3, -0.25) is 4.98 Å². The molecule has 0 unspecified atom stereocenters. The summed E-state index contributed by atoms with van der Waals surface area (Å²) in [6.45, 7) is 10.9. The summed E-state index contributed by atoms with van der Waals surface area (Å²) in [5.41, 5.74) is 9.50. The van der Waals surface area contributed by atoms with Crippen LogP contribution in [0.4, 0.5) is 5.69 Å². The highest BCUT2D eigenvalue weighted by molar-refractivity contribution is 7.80. The van der Waals surface area contributed by atoms with E-state index in [-0.39, 0.29) is 12.1 Å². The van der Waals surface area contributed by atoms with E-state index in [0.29, 0.717) is 5.92 Å². The Morgan fingerprint density at radius 2 is 1.57 bits per heavy atom. The van der Waals surface area contributed by atoms with Crippen molar-refractivity contribution in [3.05, 3.63) is 113 Å². The van der Waals surface area contributed by atoms with E-state index in [9.17, 15) is 0 Å². The van der Waals surface area contributed by atoms with E-state index in [2.05, 4.69) is 110 Å². The summed E-state index contributed by atoms with van der Waals surface area (Å²) >= 11 is 5.93. The largest absolute Gasteiger partial charge is 0.351 e. The molecule has 4 nitrogen and oxygen atoms in total. The van der Waals surface area contributed by atoms with E-state index in [4.69, 9.17) is 17.2 Å². The number of benzene rings is 2. The fraction of sp³-hybridized carbons (Fsp3) is 0.267. The van der Waals surface area contributed by atoms with Gasteiger partial charge in [-0.15, -0.1) is 0 Å². The predicted molar refractivity (Wildman–Crippen MR) is 148 cm³/mol. The van der Waals surface area contributed by atoms with E-state index in [1.54, 1.807) is 0 Å². The summed E-state index contributed by atoms with van der Waals surface area (Å²) in [6.07, 6.45) is 1.85. The second-order valence-corrected chi connectivity index (χ2v) is 10.1. The van der Waals surface area contributed by atoms with E-state index < -0.39 is 0 Å². The maximum atomic E-state index is 5.93. The SMILES string of the molecule is Cc1ccc(-n2c(C)cc([C@@H]3[C@@H](c4ccccn4)NC(=S)N3c3ccc(C(C)C)cc3)c2C)cc1. The van der Waals surface area contributed by atoms with E-state index in [1.807, 2.05) is 18.3 Å². The minimum atomic E-state index is -0.0551. The van der Waals surface area contributed by atoms with Crippen molar-refractivity contribution in [3.63, 3.8) is 0 Å². The normalized spacial score (nSPS) is 17.8. The Morgan fingerprint density at radius 3 is 2.20 bits per heavy atom. The molecule has 1 fully saturated rings. The molecule has 5 rings (SSSR count). The van der Waals surface area contributed by atoms with Crippen LogP contribution in [-0.2, 0) is 0 Å². The second-order valence-electron chi connectivity index (χ2n) is 9.74. The number of hydrogen-bond acceptors (Lipinski definition) is 2. The number of nitrogens with zero attached hydrogens (tertiary/aromatic N) is 3. The van der Waals surface area contributed by atoms with E-state index in [1.165, 1.54) is 33.8 Å². The first kappa shape index (κ1) is 23.3. The van der Waals surface area contributed by atoms with Crippen LogP contribution >= 0.6 is 12.2 Å². The lowest BCUT2D eigenvalue weighted by molar-refractivity contribution is 0.565. The Labute approximate surface area is 213 Å². The van der Waals surface area contributed by atoms with Crippen LogP contribution in [0.25, 0.3) is 5.69 Å². The van der Waals surface area contributed by atoms with Crippen molar-refractivity contribution >= 4 is 23.0 Å². The Hall–Kier alpha value is -3.44. The molecule has 2 atom stereocenters. The molecule has 0 amide bonds. The highest BCUT2D eigenvalue weighted by Gasteiger charge is 2.42. The first-order valence-electron chi connectivity index (χ1n) is 12.2. The molecule has 2 aromatic carbocycles. The lowest BCUT2D eigenvalue weighted by Gasteiger charge is -2.28. The number of thiocarbonyl (C=S) groups is 1. The number of anilines is 1. The van der Waals surface area contributed by atoms with Gasteiger partial charge in [-0.05, 0) is 92.5 Å². The van der Waals surface area contributed by atoms with Gasteiger partial charge in [0.1, 0.15) is 0 Å². The van der Waals surface area contributed by atoms with Crippen molar-refractivity contribution in [3.8, 4) is 5.69 Å². The molecule has 1 N–H and O–H groups in total. The number of hydrogen-bond donors (Lipinski definition) is 1. The summed E-state index contributed by atoms with van der Waals surface area (Å²) in [6, 6.07) is 25.8. The van der Waals surface area contributed by atoms with Crippen LogP contribution in [0.2, 0.25) is 0 Å². The molecule has 1 aliphatic rings. The maximum absolute atomic E-state index is 5.93. The van der Waals surface area contributed by atoms with Gasteiger partial charge < -0.3 is 14.8 Å². The molecule has 0 bridgehead atoms. The Bertz CT molecular complexity index is 1340. The monoisotopic (exact) mass is 480 g/mol. The third-order valence-electron chi connectivity index (χ3n) is 7.02. The molecule has 2 aromatic heterocycles. The number of nitrogens with one attached hydrogen (secondary N) is 1. The average Bonchev–Trinajstić information content (AvgIpc) is 3.35. The summed E-state index contributed by atoms with van der Waals surface area (Å²) in [5, 5.41) is 4.32. The molecule has 0 spiro atoms. The molecule has 178 valence electrons. The maximum Gasteiger partial charge on any atom is 0.174 e. The van der Waals surface area contributed by atoms with Crippen LogP contribution in [0.1, 0.15) is 65.6 Å². The fourth-order valence-electron chi connectivity index (χ4n) is 5.15. The van der Waals surface area contributed by atoms with Crippen LogP contribution in [0.15, 0.2) is 79.0 Å². The van der Waals surface area contributed by atoms with Gasteiger partial charge in [0.2, 0.25) is 0 Å². The highest BCUT2D eigenvalue weighted by Crippen LogP contribution is 2.43. The Kier molecular flexibility index (Phi) is 6.20. The van der Waals surface area contributed by atoms with Gasteiger partial charge in [-0.1, -0.05) is 49.7 Å². The molecule has 3 heterocycles. The average molecular weight is 481 g/mol. The lowest BCUT2D eigenvalue weighted by Crippen LogP contribution is -2.29. The third kappa shape index (κ3) is 4.25. The molecule has 35 heavy (non-hydrogen) atoms. The van der Waals surface area contributed by atoms with Crippen LogP contribution in [0, 0.1) is 20.8 Å². The van der Waals surface area contributed by atoms with E-state index >= 15 is 0 Å². The van der Waals surface area contributed by atoms with Gasteiger partial charge in [0.15, 0.2) is 5.11 Å². The molecule has 0 radical (unpaired) electrons. The van der Waals surface area contributed by atoms with Crippen molar-refractivity contribution in [1.29, 1.82) is 0 Å². The van der Waals surface area contributed by atoms with Gasteiger partial charge in [-0.2, -0.15) is 0 Å². The molecule has 4 aromatic rings. The first-order chi connectivity index (χ1) is 16.8. The van der Waals surface area contributed by atoms with Gasteiger partial charge in [0.05, 0.1) is 17.8 Å². The zero-order valence-corrected chi connectivity index (χ0v) is 21.8. The predicted octanol–water partition coefficient (Wildman–Crippen LogP) is 7.10.